The lowest BCUT2D eigenvalue weighted by atomic mass is 9.96. The minimum absolute atomic E-state index is 0.0884. The molecule has 1 saturated heterocycles. The van der Waals surface area contributed by atoms with E-state index in [9.17, 15) is 0 Å². The fourth-order valence-corrected chi connectivity index (χ4v) is 3.05. The summed E-state index contributed by atoms with van der Waals surface area (Å²) in [5.74, 6) is 2.30. The molecule has 118 valence electrons. The van der Waals surface area contributed by atoms with E-state index >= 15 is 0 Å². The predicted molar refractivity (Wildman–Crippen MR) is 86.3 cm³/mol. The number of methoxy groups -OCH3 is 3. The summed E-state index contributed by atoms with van der Waals surface area (Å²) in [6.45, 7) is 4.18. The Hall–Kier alpha value is -1.94. The van der Waals surface area contributed by atoms with Gasteiger partial charge in [-0.05, 0) is 13.8 Å². The van der Waals surface area contributed by atoms with Crippen LogP contribution in [-0.2, 0) is 11.2 Å². The standard InChI is InChI=1S/C18H22O4/c1-18(2)14(22-18)10-13-15(19-3)11-8-6-7-9-12(11)16(20-4)17(13)21-5/h6-9,14H,10H2,1-5H3. The van der Waals surface area contributed by atoms with Gasteiger partial charge in [-0.3, -0.25) is 0 Å². The highest BCUT2D eigenvalue weighted by Gasteiger charge is 2.48. The molecule has 0 bridgehead atoms. The van der Waals surface area contributed by atoms with E-state index in [2.05, 4.69) is 13.8 Å². The Kier molecular flexibility index (Phi) is 3.65. The molecule has 1 fully saturated rings. The van der Waals surface area contributed by atoms with Crippen molar-refractivity contribution < 1.29 is 18.9 Å². The minimum atomic E-state index is -0.0884. The predicted octanol–water partition coefficient (Wildman–Crippen LogP) is 3.59. The van der Waals surface area contributed by atoms with E-state index < -0.39 is 0 Å². The van der Waals surface area contributed by atoms with Crippen LogP contribution in [0.25, 0.3) is 10.8 Å². The molecular formula is C18H22O4. The maximum atomic E-state index is 5.74. The number of epoxide rings is 1. The molecule has 1 aliphatic heterocycles. The van der Waals surface area contributed by atoms with Crippen LogP contribution < -0.4 is 14.2 Å². The van der Waals surface area contributed by atoms with Gasteiger partial charge >= 0.3 is 0 Å². The molecule has 1 heterocycles. The maximum Gasteiger partial charge on any atom is 0.169 e. The van der Waals surface area contributed by atoms with Gasteiger partial charge in [0.1, 0.15) is 5.75 Å². The summed E-state index contributed by atoms with van der Waals surface area (Å²) in [5.41, 5.74) is 0.908. The van der Waals surface area contributed by atoms with E-state index in [1.165, 1.54) is 0 Å². The summed E-state index contributed by atoms with van der Waals surface area (Å²) >= 11 is 0. The zero-order valence-electron chi connectivity index (χ0n) is 13.7. The van der Waals surface area contributed by atoms with Gasteiger partial charge in [0.05, 0.1) is 33.0 Å². The molecule has 0 aromatic heterocycles. The Bertz CT molecular complexity index is 706. The number of ether oxygens (including phenoxy) is 4. The topological polar surface area (TPSA) is 40.2 Å². The van der Waals surface area contributed by atoms with Gasteiger partial charge in [-0.25, -0.2) is 0 Å². The van der Waals surface area contributed by atoms with Gasteiger partial charge in [0.25, 0.3) is 0 Å². The number of hydrogen-bond acceptors (Lipinski definition) is 4. The monoisotopic (exact) mass is 302 g/mol. The highest BCUT2D eigenvalue weighted by atomic mass is 16.6. The molecule has 2 aromatic carbocycles. The highest BCUT2D eigenvalue weighted by molar-refractivity contribution is 5.97. The highest BCUT2D eigenvalue weighted by Crippen LogP contribution is 2.49. The van der Waals surface area contributed by atoms with E-state index in [1.807, 2.05) is 24.3 Å². The Morgan fingerprint density at radius 1 is 0.909 bits per heavy atom. The lowest BCUT2D eigenvalue weighted by Gasteiger charge is -2.19. The van der Waals surface area contributed by atoms with Gasteiger partial charge in [-0.15, -0.1) is 0 Å². The van der Waals surface area contributed by atoms with Crippen LogP contribution in [0.2, 0.25) is 0 Å². The second-order valence-corrected chi connectivity index (χ2v) is 6.04. The van der Waals surface area contributed by atoms with Gasteiger partial charge in [0.2, 0.25) is 0 Å². The quantitative estimate of drug-likeness (QED) is 0.791. The van der Waals surface area contributed by atoms with Crippen LogP contribution in [0.15, 0.2) is 24.3 Å². The lowest BCUT2D eigenvalue weighted by molar-refractivity contribution is 0.318. The molecule has 2 aromatic rings. The summed E-state index contributed by atoms with van der Waals surface area (Å²) in [6.07, 6.45) is 0.904. The number of fused-ring (bicyclic) bond motifs is 1. The van der Waals surface area contributed by atoms with E-state index in [1.54, 1.807) is 21.3 Å². The Labute approximate surface area is 130 Å². The molecule has 0 amide bonds. The van der Waals surface area contributed by atoms with Crippen molar-refractivity contribution in [2.24, 2.45) is 0 Å². The van der Waals surface area contributed by atoms with E-state index in [-0.39, 0.29) is 11.7 Å². The largest absolute Gasteiger partial charge is 0.496 e. The molecule has 3 rings (SSSR count). The first-order chi connectivity index (χ1) is 10.5. The van der Waals surface area contributed by atoms with E-state index in [0.717, 1.165) is 40.0 Å². The van der Waals surface area contributed by atoms with Crippen LogP contribution in [0.1, 0.15) is 19.4 Å². The molecule has 1 aliphatic rings. The average Bonchev–Trinajstić information content (AvgIpc) is 3.12. The first kappa shape index (κ1) is 15.0. The van der Waals surface area contributed by atoms with Gasteiger partial charge in [0.15, 0.2) is 11.5 Å². The number of rotatable bonds is 5. The summed E-state index contributed by atoms with van der Waals surface area (Å²) in [6, 6.07) is 8.04. The smallest absolute Gasteiger partial charge is 0.169 e. The summed E-state index contributed by atoms with van der Waals surface area (Å²) in [4.78, 5) is 0. The molecule has 0 N–H and O–H groups in total. The van der Waals surface area contributed by atoms with Crippen molar-refractivity contribution in [3.63, 3.8) is 0 Å². The van der Waals surface area contributed by atoms with Gasteiger partial charge in [-0.1, -0.05) is 24.3 Å². The zero-order chi connectivity index (χ0) is 15.9. The third-order valence-electron chi connectivity index (χ3n) is 4.34. The molecule has 0 aliphatic carbocycles. The van der Waals surface area contributed by atoms with E-state index in [0.29, 0.717) is 0 Å². The van der Waals surface area contributed by atoms with Crippen molar-refractivity contribution >= 4 is 10.8 Å². The molecule has 4 nitrogen and oxygen atoms in total. The Morgan fingerprint density at radius 2 is 1.41 bits per heavy atom. The molecule has 1 unspecified atom stereocenters. The molecule has 22 heavy (non-hydrogen) atoms. The zero-order valence-corrected chi connectivity index (χ0v) is 13.7. The van der Waals surface area contributed by atoms with Crippen LogP contribution in [0.5, 0.6) is 17.2 Å². The molecule has 0 spiro atoms. The Morgan fingerprint density at radius 3 is 1.86 bits per heavy atom. The van der Waals surface area contributed by atoms with Crippen LogP contribution in [0.3, 0.4) is 0 Å². The maximum absolute atomic E-state index is 5.74. The van der Waals surface area contributed by atoms with Crippen molar-refractivity contribution in [2.45, 2.75) is 32.0 Å². The second-order valence-electron chi connectivity index (χ2n) is 6.04. The first-order valence-electron chi connectivity index (χ1n) is 7.40. The van der Waals surface area contributed by atoms with E-state index in [4.69, 9.17) is 18.9 Å². The third kappa shape index (κ3) is 2.28. The van der Waals surface area contributed by atoms with Crippen LogP contribution in [0, 0.1) is 0 Å². The molecular weight excluding hydrogens is 280 g/mol. The summed E-state index contributed by atoms with van der Waals surface area (Å²) in [7, 11) is 5.02. The van der Waals surface area contributed by atoms with Crippen molar-refractivity contribution in [3.05, 3.63) is 29.8 Å². The van der Waals surface area contributed by atoms with Crippen molar-refractivity contribution in [1.29, 1.82) is 0 Å². The van der Waals surface area contributed by atoms with Crippen LogP contribution in [0.4, 0.5) is 0 Å². The third-order valence-corrected chi connectivity index (χ3v) is 4.34. The van der Waals surface area contributed by atoms with Crippen molar-refractivity contribution in [1.82, 2.24) is 0 Å². The molecule has 1 atom stereocenters. The Balaban J connectivity index is 2.23. The van der Waals surface area contributed by atoms with Gasteiger partial charge in [-0.2, -0.15) is 0 Å². The minimum Gasteiger partial charge on any atom is -0.496 e. The average molecular weight is 302 g/mol. The van der Waals surface area contributed by atoms with Crippen LogP contribution >= 0.6 is 0 Å². The normalized spacial score (nSPS) is 19.0. The molecule has 0 radical (unpaired) electrons. The number of hydrogen-bond donors (Lipinski definition) is 0. The lowest BCUT2D eigenvalue weighted by Crippen LogP contribution is -2.09. The van der Waals surface area contributed by atoms with Crippen molar-refractivity contribution in [2.75, 3.05) is 21.3 Å². The fourth-order valence-electron chi connectivity index (χ4n) is 3.05. The summed E-state index contributed by atoms with van der Waals surface area (Å²) in [5, 5.41) is 2.01. The second kappa shape index (κ2) is 5.36. The van der Waals surface area contributed by atoms with Gasteiger partial charge < -0.3 is 18.9 Å². The SMILES string of the molecule is COc1c(CC2OC2(C)C)c(OC)c2ccccc2c1OC. The molecule has 0 saturated carbocycles. The van der Waals surface area contributed by atoms with Crippen LogP contribution in [-0.4, -0.2) is 33.0 Å². The molecule has 4 heteroatoms. The fraction of sp³-hybridized carbons (Fsp3) is 0.444. The first-order valence-corrected chi connectivity index (χ1v) is 7.40. The number of benzene rings is 2. The van der Waals surface area contributed by atoms with Crippen molar-refractivity contribution in [3.8, 4) is 17.2 Å². The van der Waals surface area contributed by atoms with Gasteiger partial charge in [0, 0.05) is 22.8 Å². The summed E-state index contributed by atoms with van der Waals surface area (Å²) < 4.78 is 22.7.